The van der Waals surface area contributed by atoms with Gasteiger partial charge in [-0.05, 0) is 41.8 Å². The fourth-order valence-electron chi connectivity index (χ4n) is 3.31. The first kappa shape index (κ1) is 33.4. The van der Waals surface area contributed by atoms with Crippen LogP contribution in [-0.4, -0.2) is 35.8 Å². The predicted octanol–water partition coefficient (Wildman–Crippen LogP) is 9.83. The van der Waals surface area contributed by atoms with Crippen molar-refractivity contribution in [2.45, 2.75) is 43.8 Å². The van der Waals surface area contributed by atoms with E-state index in [1.54, 1.807) is 0 Å². The first-order chi connectivity index (χ1) is 17.8. The summed E-state index contributed by atoms with van der Waals surface area (Å²) in [5.41, 5.74) is -2.96. The Morgan fingerprint density at radius 2 is 1.56 bits per heavy atom. The van der Waals surface area contributed by atoms with Gasteiger partial charge in [-0.15, -0.1) is 0 Å². The van der Waals surface area contributed by atoms with Gasteiger partial charge in [0, 0.05) is 11.8 Å². The summed E-state index contributed by atoms with van der Waals surface area (Å²) in [6, 6.07) is 3.31. The third-order valence-electron chi connectivity index (χ3n) is 5.21. The Morgan fingerprint density at radius 1 is 0.974 bits per heavy atom. The van der Waals surface area contributed by atoms with Gasteiger partial charge in [-0.1, -0.05) is 59.9 Å². The number of carbonyl (C=O) groups excluding carboxylic acids is 1. The van der Waals surface area contributed by atoms with Crippen LogP contribution < -0.4 is 5.32 Å². The molecule has 0 heterocycles. The van der Waals surface area contributed by atoms with Gasteiger partial charge in [0.1, 0.15) is 0 Å². The first-order valence-corrected chi connectivity index (χ1v) is 13.2. The van der Waals surface area contributed by atoms with E-state index in [1.165, 1.54) is 6.92 Å². The Balaban J connectivity index is 2.36. The van der Waals surface area contributed by atoms with E-state index in [0.29, 0.717) is 23.9 Å². The third-order valence-corrected chi connectivity index (χ3v) is 7.57. The number of thioether (sulfide) groups is 1. The molecule has 2 nitrogen and oxygen atoms in total. The molecule has 1 N–H and O–H groups in total. The van der Waals surface area contributed by atoms with Crippen molar-refractivity contribution in [3.8, 4) is 0 Å². The Labute approximate surface area is 236 Å². The average Bonchev–Trinajstić information content (AvgIpc) is 2.79. The molecule has 2 rings (SSSR count). The molecule has 39 heavy (non-hydrogen) atoms. The number of carbonyl (C=O) groups is 1. The minimum atomic E-state index is -5.07. The van der Waals surface area contributed by atoms with Crippen molar-refractivity contribution in [3.05, 3.63) is 73.7 Å². The molecular formula is C24H19Cl3F9NOS. The SMILES string of the molecule is CC[C@H](CSCC(F)(F)F)NC(=O)c1ccc(/C=C/C(c2cc(Cl)c(Cl)c(Cl)c2)C(F)(F)F)cc1C(F)(F)F. The zero-order valence-corrected chi connectivity index (χ0v) is 22.8. The lowest BCUT2D eigenvalue weighted by Crippen LogP contribution is -2.37. The highest BCUT2D eigenvalue weighted by Gasteiger charge is 2.40. The van der Waals surface area contributed by atoms with Gasteiger partial charge in [-0.25, -0.2) is 0 Å². The average molecular weight is 647 g/mol. The Bertz CT molecular complexity index is 1170. The van der Waals surface area contributed by atoms with Crippen LogP contribution in [0.3, 0.4) is 0 Å². The molecule has 0 saturated heterocycles. The third kappa shape index (κ3) is 9.98. The van der Waals surface area contributed by atoms with Gasteiger partial charge in [0.05, 0.1) is 37.9 Å². The van der Waals surface area contributed by atoms with E-state index in [1.807, 2.05) is 0 Å². The van der Waals surface area contributed by atoms with Crippen molar-refractivity contribution in [1.29, 1.82) is 0 Å². The number of benzene rings is 2. The summed E-state index contributed by atoms with van der Waals surface area (Å²) in [6.07, 6.45) is -12.8. The van der Waals surface area contributed by atoms with Crippen LogP contribution in [0.2, 0.25) is 15.1 Å². The number of rotatable bonds is 9. The summed E-state index contributed by atoms with van der Waals surface area (Å²) in [4.78, 5) is 12.6. The standard InChI is InChI=1S/C24H19Cl3F9NOS/c1-2-14(10-39-11-22(28,29)30)37-21(38)15-5-3-12(7-17(15)24(34,35)36)4-6-16(23(31,32)33)13-8-18(25)20(27)19(26)9-13/h3-9,14,16H,2,10-11H2,1H3,(H,37,38)/b6-4+/t14-,16?/m1/s1. The molecule has 0 aliphatic carbocycles. The smallest absolute Gasteiger partial charge is 0.348 e. The lowest BCUT2D eigenvalue weighted by molar-refractivity contribution is -0.139. The number of amides is 1. The van der Waals surface area contributed by atoms with Crippen LogP contribution in [0.5, 0.6) is 0 Å². The molecule has 15 heteroatoms. The summed E-state index contributed by atoms with van der Waals surface area (Å²) < 4.78 is 120. The van der Waals surface area contributed by atoms with Gasteiger partial charge >= 0.3 is 18.5 Å². The summed E-state index contributed by atoms with van der Waals surface area (Å²) >= 11 is 17.9. The first-order valence-electron chi connectivity index (χ1n) is 10.9. The van der Waals surface area contributed by atoms with Crippen LogP contribution in [0.1, 0.15) is 46.3 Å². The van der Waals surface area contributed by atoms with Crippen LogP contribution in [0, 0.1) is 0 Å². The predicted molar refractivity (Wildman–Crippen MR) is 136 cm³/mol. The minimum Gasteiger partial charge on any atom is -0.348 e. The molecule has 0 bridgehead atoms. The summed E-state index contributed by atoms with van der Waals surface area (Å²) in [6.45, 7) is 1.54. The lowest BCUT2D eigenvalue weighted by atomic mass is 9.96. The van der Waals surface area contributed by atoms with Gasteiger partial charge in [-0.3, -0.25) is 4.79 Å². The Morgan fingerprint density at radius 3 is 2.05 bits per heavy atom. The molecule has 0 aliphatic rings. The van der Waals surface area contributed by atoms with Crippen molar-refractivity contribution >= 4 is 58.5 Å². The lowest BCUT2D eigenvalue weighted by Gasteiger charge is -2.20. The number of hydrogen-bond acceptors (Lipinski definition) is 2. The van der Waals surface area contributed by atoms with Crippen molar-refractivity contribution < 1.29 is 44.3 Å². The molecular weight excluding hydrogens is 628 g/mol. The molecule has 0 saturated carbocycles. The van der Waals surface area contributed by atoms with Gasteiger partial charge in [0.15, 0.2) is 0 Å². The van der Waals surface area contributed by atoms with Crippen molar-refractivity contribution in [2.24, 2.45) is 0 Å². The summed E-state index contributed by atoms with van der Waals surface area (Å²) in [7, 11) is 0. The van der Waals surface area contributed by atoms with Crippen LogP contribution in [0.15, 0.2) is 36.4 Å². The molecule has 2 aromatic carbocycles. The number of halogens is 12. The van der Waals surface area contributed by atoms with E-state index in [-0.39, 0.29) is 32.8 Å². The normalized spacial score (nSPS) is 14.5. The second-order valence-electron chi connectivity index (χ2n) is 8.19. The molecule has 0 aromatic heterocycles. The second kappa shape index (κ2) is 13.3. The quantitative estimate of drug-likeness (QED) is 0.217. The van der Waals surface area contributed by atoms with Crippen molar-refractivity contribution in [1.82, 2.24) is 5.32 Å². The van der Waals surface area contributed by atoms with E-state index in [9.17, 15) is 44.3 Å². The number of hydrogen-bond donors (Lipinski definition) is 1. The van der Waals surface area contributed by atoms with Crippen LogP contribution in [-0.2, 0) is 6.18 Å². The van der Waals surface area contributed by atoms with Gasteiger partial charge < -0.3 is 5.32 Å². The summed E-state index contributed by atoms with van der Waals surface area (Å²) in [5, 5.41) is 1.61. The molecule has 2 atom stereocenters. The van der Waals surface area contributed by atoms with E-state index >= 15 is 0 Å². The van der Waals surface area contributed by atoms with Gasteiger partial charge in [-0.2, -0.15) is 51.3 Å². The minimum absolute atomic E-state index is 0.149. The van der Waals surface area contributed by atoms with Gasteiger partial charge in [0.25, 0.3) is 5.91 Å². The largest absolute Gasteiger partial charge is 0.417 e. The zero-order valence-electron chi connectivity index (χ0n) is 19.7. The van der Waals surface area contributed by atoms with Crippen LogP contribution in [0.25, 0.3) is 6.08 Å². The van der Waals surface area contributed by atoms with E-state index in [2.05, 4.69) is 5.32 Å². The highest BCUT2D eigenvalue weighted by atomic mass is 35.5. The molecule has 216 valence electrons. The maximum absolute atomic E-state index is 13.8. The maximum Gasteiger partial charge on any atom is 0.417 e. The Kier molecular flexibility index (Phi) is 11.4. The highest BCUT2D eigenvalue weighted by molar-refractivity contribution is 7.99. The fourth-order valence-corrected chi connectivity index (χ4v) is 4.88. The molecule has 0 spiro atoms. The van der Waals surface area contributed by atoms with Crippen molar-refractivity contribution in [2.75, 3.05) is 11.5 Å². The second-order valence-corrected chi connectivity index (χ2v) is 10.4. The monoisotopic (exact) mass is 645 g/mol. The fraction of sp³-hybridized carbons (Fsp3) is 0.375. The number of allylic oxidation sites excluding steroid dienone is 1. The molecule has 0 fully saturated rings. The van der Waals surface area contributed by atoms with E-state index in [4.69, 9.17) is 34.8 Å². The molecule has 1 unspecified atom stereocenters. The molecule has 0 radical (unpaired) electrons. The van der Waals surface area contributed by atoms with E-state index < -0.39 is 58.8 Å². The number of nitrogens with one attached hydrogen (secondary N) is 1. The van der Waals surface area contributed by atoms with Gasteiger partial charge in [0.2, 0.25) is 0 Å². The molecule has 0 aliphatic heterocycles. The topological polar surface area (TPSA) is 29.1 Å². The molecule has 1 amide bonds. The van der Waals surface area contributed by atoms with Crippen molar-refractivity contribution in [3.63, 3.8) is 0 Å². The van der Waals surface area contributed by atoms with Crippen LogP contribution >= 0.6 is 46.6 Å². The van der Waals surface area contributed by atoms with Crippen LogP contribution in [0.4, 0.5) is 39.5 Å². The zero-order chi connectivity index (χ0) is 29.8. The Hall–Kier alpha value is -1.76. The van der Waals surface area contributed by atoms with E-state index in [0.717, 1.165) is 30.3 Å². The summed E-state index contributed by atoms with van der Waals surface area (Å²) in [5.74, 6) is -4.87. The maximum atomic E-state index is 13.8. The number of alkyl halides is 9. The molecule has 2 aromatic rings. The highest BCUT2D eigenvalue weighted by Crippen LogP contribution is 2.41.